The van der Waals surface area contributed by atoms with Crippen LogP contribution in [0.4, 0.5) is 5.82 Å². The number of aromatic amines is 1. The number of nitrogens with zero attached hydrogens (tertiary/aromatic N) is 2. The highest BCUT2D eigenvalue weighted by Gasteiger charge is 2.21. The van der Waals surface area contributed by atoms with E-state index in [-0.39, 0.29) is 11.7 Å². The van der Waals surface area contributed by atoms with Gasteiger partial charge in [-0.1, -0.05) is 6.92 Å². The molecule has 2 heterocycles. The quantitative estimate of drug-likeness (QED) is 0.765. The minimum Gasteiger partial charge on any atom is -0.375 e. The number of hydrogen-bond donors (Lipinski definition) is 1. The predicted octanol–water partition coefficient (Wildman–Crippen LogP) is 0.385. The smallest absolute Gasteiger partial charge is 0.290 e. The van der Waals surface area contributed by atoms with Crippen LogP contribution in [0, 0.1) is 0 Å². The van der Waals surface area contributed by atoms with E-state index < -0.39 is 0 Å². The summed E-state index contributed by atoms with van der Waals surface area (Å²) >= 11 is 0. The fourth-order valence-corrected chi connectivity index (χ4v) is 1.73. The van der Waals surface area contributed by atoms with Crippen molar-refractivity contribution in [3.05, 3.63) is 22.7 Å². The Morgan fingerprint density at radius 3 is 3.33 bits per heavy atom. The molecule has 5 nitrogen and oxygen atoms in total. The number of nitrogens with one attached hydrogen (secondary N) is 1. The highest BCUT2D eigenvalue weighted by atomic mass is 16.5. The molecule has 1 saturated heterocycles. The van der Waals surface area contributed by atoms with Gasteiger partial charge < -0.3 is 14.6 Å². The third-order valence-electron chi connectivity index (χ3n) is 2.58. The van der Waals surface area contributed by atoms with Crippen LogP contribution < -0.4 is 10.5 Å². The Hall–Kier alpha value is -1.36. The van der Waals surface area contributed by atoms with E-state index >= 15 is 0 Å². The molecule has 0 saturated carbocycles. The predicted molar refractivity (Wildman–Crippen MR) is 57.1 cm³/mol. The van der Waals surface area contributed by atoms with E-state index in [2.05, 4.69) is 16.9 Å². The molecule has 1 aromatic heterocycles. The summed E-state index contributed by atoms with van der Waals surface area (Å²) in [6, 6.07) is 0. The number of anilines is 1. The fourth-order valence-electron chi connectivity index (χ4n) is 1.73. The van der Waals surface area contributed by atoms with E-state index in [4.69, 9.17) is 4.74 Å². The molecule has 1 aromatic rings. The van der Waals surface area contributed by atoms with Gasteiger partial charge in [-0.25, -0.2) is 4.98 Å². The lowest BCUT2D eigenvalue weighted by Gasteiger charge is -2.32. The second-order valence-corrected chi connectivity index (χ2v) is 3.59. The van der Waals surface area contributed by atoms with E-state index in [9.17, 15) is 4.79 Å². The van der Waals surface area contributed by atoms with Crippen LogP contribution in [0.5, 0.6) is 0 Å². The molecule has 1 atom stereocenters. The monoisotopic (exact) mass is 209 g/mol. The van der Waals surface area contributed by atoms with Crippen LogP contribution in [-0.2, 0) is 4.74 Å². The Bertz CT molecular complexity index is 377. The van der Waals surface area contributed by atoms with Gasteiger partial charge in [0, 0.05) is 25.5 Å². The molecule has 1 unspecified atom stereocenters. The van der Waals surface area contributed by atoms with E-state index in [0.29, 0.717) is 12.4 Å². The summed E-state index contributed by atoms with van der Waals surface area (Å²) in [5, 5.41) is 0. The third kappa shape index (κ3) is 2.18. The molecule has 1 aliphatic rings. The maximum atomic E-state index is 11.5. The molecular formula is C10H15N3O2. The molecule has 0 amide bonds. The SMILES string of the molecule is CCC1CN(c2ncc[nH]c2=O)CCO1. The highest BCUT2D eigenvalue weighted by molar-refractivity contribution is 5.35. The van der Waals surface area contributed by atoms with Crippen LogP contribution in [-0.4, -0.2) is 35.8 Å². The summed E-state index contributed by atoms with van der Waals surface area (Å²) in [6.45, 7) is 4.22. The molecule has 1 aliphatic heterocycles. The molecule has 15 heavy (non-hydrogen) atoms. The van der Waals surface area contributed by atoms with Gasteiger partial charge in [0.15, 0.2) is 5.82 Å². The van der Waals surface area contributed by atoms with Crippen molar-refractivity contribution in [1.29, 1.82) is 0 Å². The van der Waals surface area contributed by atoms with Gasteiger partial charge in [-0.2, -0.15) is 0 Å². The fraction of sp³-hybridized carbons (Fsp3) is 0.600. The summed E-state index contributed by atoms with van der Waals surface area (Å²) in [4.78, 5) is 20.2. The van der Waals surface area contributed by atoms with E-state index in [1.165, 1.54) is 0 Å². The topological polar surface area (TPSA) is 58.2 Å². The Kier molecular flexibility index (Phi) is 3.01. The first-order chi connectivity index (χ1) is 7.31. The summed E-state index contributed by atoms with van der Waals surface area (Å²) in [6.07, 6.45) is 4.32. The number of hydrogen-bond acceptors (Lipinski definition) is 4. The van der Waals surface area contributed by atoms with Crippen molar-refractivity contribution < 1.29 is 4.74 Å². The maximum absolute atomic E-state index is 11.5. The number of aromatic nitrogens is 2. The van der Waals surface area contributed by atoms with Crippen LogP contribution in [0.25, 0.3) is 0 Å². The maximum Gasteiger partial charge on any atom is 0.290 e. The van der Waals surface area contributed by atoms with Crippen molar-refractivity contribution >= 4 is 5.82 Å². The first-order valence-electron chi connectivity index (χ1n) is 5.21. The number of H-pyrrole nitrogens is 1. The number of rotatable bonds is 2. The van der Waals surface area contributed by atoms with Gasteiger partial charge in [0.1, 0.15) is 0 Å². The van der Waals surface area contributed by atoms with Crippen molar-refractivity contribution in [3.63, 3.8) is 0 Å². The van der Waals surface area contributed by atoms with Crippen molar-refractivity contribution in [2.24, 2.45) is 0 Å². The molecule has 0 radical (unpaired) electrons. The van der Waals surface area contributed by atoms with Crippen LogP contribution >= 0.6 is 0 Å². The van der Waals surface area contributed by atoms with Crippen LogP contribution in [0.3, 0.4) is 0 Å². The Morgan fingerprint density at radius 1 is 1.73 bits per heavy atom. The van der Waals surface area contributed by atoms with Crippen LogP contribution in [0.1, 0.15) is 13.3 Å². The second-order valence-electron chi connectivity index (χ2n) is 3.59. The number of ether oxygens (including phenoxy) is 1. The Morgan fingerprint density at radius 2 is 2.60 bits per heavy atom. The van der Waals surface area contributed by atoms with Gasteiger partial charge in [0.2, 0.25) is 0 Å². The average molecular weight is 209 g/mol. The zero-order valence-corrected chi connectivity index (χ0v) is 8.77. The number of morpholine rings is 1. The zero-order valence-electron chi connectivity index (χ0n) is 8.77. The molecule has 82 valence electrons. The van der Waals surface area contributed by atoms with Gasteiger partial charge in [0.05, 0.1) is 12.7 Å². The largest absolute Gasteiger partial charge is 0.375 e. The van der Waals surface area contributed by atoms with Crippen molar-refractivity contribution in [1.82, 2.24) is 9.97 Å². The van der Waals surface area contributed by atoms with Gasteiger partial charge in [0.25, 0.3) is 5.56 Å². The Balaban J connectivity index is 2.17. The van der Waals surface area contributed by atoms with E-state index in [1.54, 1.807) is 12.4 Å². The Labute approximate surface area is 88.1 Å². The van der Waals surface area contributed by atoms with E-state index in [1.807, 2.05) is 4.90 Å². The molecular weight excluding hydrogens is 194 g/mol. The van der Waals surface area contributed by atoms with Gasteiger partial charge in [-0.15, -0.1) is 0 Å². The van der Waals surface area contributed by atoms with E-state index in [0.717, 1.165) is 19.5 Å². The minimum atomic E-state index is -0.130. The first kappa shape index (κ1) is 10.2. The molecule has 0 aliphatic carbocycles. The van der Waals surface area contributed by atoms with Gasteiger partial charge in [-0.3, -0.25) is 4.79 Å². The summed E-state index contributed by atoms with van der Waals surface area (Å²) in [5.74, 6) is 0.499. The lowest BCUT2D eigenvalue weighted by molar-refractivity contribution is 0.0381. The highest BCUT2D eigenvalue weighted by Crippen LogP contribution is 2.12. The molecule has 2 rings (SSSR count). The van der Waals surface area contributed by atoms with Gasteiger partial charge >= 0.3 is 0 Å². The summed E-state index contributed by atoms with van der Waals surface area (Å²) in [5.41, 5.74) is -0.130. The summed E-state index contributed by atoms with van der Waals surface area (Å²) < 4.78 is 5.54. The first-order valence-corrected chi connectivity index (χ1v) is 5.21. The lowest BCUT2D eigenvalue weighted by Crippen LogP contribution is -2.44. The molecule has 0 aromatic carbocycles. The van der Waals surface area contributed by atoms with Crippen LogP contribution in [0.2, 0.25) is 0 Å². The average Bonchev–Trinajstić information content (AvgIpc) is 2.30. The second kappa shape index (κ2) is 4.44. The summed E-state index contributed by atoms with van der Waals surface area (Å²) in [7, 11) is 0. The van der Waals surface area contributed by atoms with Crippen LogP contribution in [0.15, 0.2) is 17.2 Å². The lowest BCUT2D eigenvalue weighted by atomic mass is 10.2. The van der Waals surface area contributed by atoms with Crippen molar-refractivity contribution in [2.45, 2.75) is 19.4 Å². The molecule has 5 heteroatoms. The van der Waals surface area contributed by atoms with Crippen molar-refractivity contribution in [3.8, 4) is 0 Å². The van der Waals surface area contributed by atoms with Crippen molar-refractivity contribution in [2.75, 3.05) is 24.6 Å². The normalized spacial score (nSPS) is 21.7. The third-order valence-corrected chi connectivity index (χ3v) is 2.58. The minimum absolute atomic E-state index is 0.130. The standard InChI is InChI=1S/C10H15N3O2/c1-2-8-7-13(5-6-15-8)9-10(14)12-4-3-11-9/h3-4,8H,2,5-7H2,1H3,(H,12,14). The molecule has 1 N–H and O–H groups in total. The molecule has 0 bridgehead atoms. The molecule has 1 fully saturated rings. The van der Waals surface area contributed by atoms with Gasteiger partial charge in [-0.05, 0) is 6.42 Å². The zero-order chi connectivity index (χ0) is 10.7. The molecule has 0 spiro atoms.